The van der Waals surface area contributed by atoms with E-state index < -0.39 is 28.9 Å². The highest BCUT2D eigenvalue weighted by Gasteiger charge is 2.37. The Balaban J connectivity index is 2.33. The SMILES string of the molecule is COC(=O)c1cccc2c1C(=O)c1c(C(=O)OC)cc(OC(=O)Cl)cc1C2=O. The lowest BCUT2D eigenvalue weighted by atomic mass is 9.79. The van der Waals surface area contributed by atoms with Crippen LogP contribution in [-0.2, 0) is 9.47 Å². The van der Waals surface area contributed by atoms with E-state index >= 15 is 0 Å². The predicted octanol–water partition coefficient (Wildman–Crippen LogP) is 2.77. The third-order valence-electron chi connectivity index (χ3n) is 4.13. The second-order valence-electron chi connectivity index (χ2n) is 5.60. The largest absolute Gasteiger partial charge is 0.465 e. The molecule has 2 aromatic carbocycles. The summed E-state index contributed by atoms with van der Waals surface area (Å²) in [5.41, 5.74) is -2.30. The summed E-state index contributed by atoms with van der Waals surface area (Å²) < 4.78 is 14.1. The lowest BCUT2D eigenvalue weighted by molar-refractivity contribution is 0.0592. The van der Waals surface area contributed by atoms with Gasteiger partial charge >= 0.3 is 17.4 Å². The highest BCUT2D eigenvalue weighted by atomic mass is 35.5. The molecule has 0 fully saturated rings. The third-order valence-corrected chi connectivity index (χ3v) is 4.21. The van der Waals surface area contributed by atoms with Gasteiger partial charge in [0.1, 0.15) is 5.75 Å². The van der Waals surface area contributed by atoms with E-state index in [1.165, 1.54) is 18.2 Å². The molecule has 0 spiro atoms. The topological polar surface area (TPSA) is 113 Å². The molecule has 0 bridgehead atoms. The van der Waals surface area contributed by atoms with Crippen molar-refractivity contribution in [1.82, 2.24) is 0 Å². The van der Waals surface area contributed by atoms with Crippen molar-refractivity contribution >= 4 is 40.5 Å². The quantitative estimate of drug-likeness (QED) is 0.485. The minimum absolute atomic E-state index is 0.0504. The van der Waals surface area contributed by atoms with Gasteiger partial charge in [-0.15, -0.1) is 0 Å². The number of ether oxygens (including phenoxy) is 3. The van der Waals surface area contributed by atoms with Gasteiger partial charge in [-0.2, -0.15) is 0 Å². The fraction of sp³-hybridized carbons (Fsp3) is 0.105. The molecular weight excluding hydrogens is 392 g/mol. The van der Waals surface area contributed by atoms with Crippen molar-refractivity contribution in [2.45, 2.75) is 0 Å². The number of ketones is 2. The van der Waals surface area contributed by atoms with Gasteiger partial charge in [-0.25, -0.2) is 14.4 Å². The van der Waals surface area contributed by atoms with Crippen molar-refractivity contribution in [3.8, 4) is 5.75 Å². The molecule has 0 aromatic heterocycles. The summed E-state index contributed by atoms with van der Waals surface area (Å²) in [5.74, 6) is -3.35. The van der Waals surface area contributed by atoms with E-state index in [9.17, 15) is 24.0 Å². The number of fused-ring (bicyclic) bond motifs is 2. The lowest BCUT2D eigenvalue weighted by Gasteiger charge is -2.21. The highest BCUT2D eigenvalue weighted by molar-refractivity contribution is 6.61. The van der Waals surface area contributed by atoms with Crippen LogP contribution < -0.4 is 4.74 Å². The summed E-state index contributed by atoms with van der Waals surface area (Å²) in [6.07, 6.45) is 0. The zero-order valence-corrected chi connectivity index (χ0v) is 15.3. The number of halogens is 1. The van der Waals surface area contributed by atoms with Crippen molar-refractivity contribution in [2.24, 2.45) is 0 Å². The van der Waals surface area contributed by atoms with Crippen LogP contribution in [0.4, 0.5) is 4.79 Å². The minimum atomic E-state index is -1.20. The molecule has 0 aliphatic heterocycles. The van der Waals surface area contributed by atoms with E-state index in [0.29, 0.717) is 0 Å². The highest BCUT2D eigenvalue weighted by Crippen LogP contribution is 2.35. The summed E-state index contributed by atoms with van der Waals surface area (Å²) in [7, 11) is 2.22. The molecule has 8 nitrogen and oxygen atoms in total. The van der Waals surface area contributed by atoms with Gasteiger partial charge in [-0.05, 0) is 18.2 Å². The number of carbonyl (C=O) groups is 5. The average molecular weight is 403 g/mol. The Bertz CT molecular complexity index is 1070. The van der Waals surface area contributed by atoms with Crippen LogP contribution in [-0.4, -0.2) is 43.2 Å². The fourth-order valence-corrected chi connectivity index (χ4v) is 3.09. The van der Waals surface area contributed by atoms with Crippen LogP contribution >= 0.6 is 11.6 Å². The van der Waals surface area contributed by atoms with Gasteiger partial charge in [0.15, 0.2) is 11.6 Å². The van der Waals surface area contributed by atoms with Crippen LogP contribution in [0.3, 0.4) is 0 Å². The lowest BCUT2D eigenvalue weighted by Crippen LogP contribution is -2.27. The van der Waals surface area contributed by atoms with Crippen molar-refractivity contribution in [3.63, 3.8) is 0 Å². The average Bonchev–Trinajstić information content (AvgIpc) is 2.69. The van der Waals surface area contributed by atoms with Crippen LogP contribution in [0.2, 0.25) is 0 Å². The molecule has 1 aliphatic carbocycles. The molecule has 9 heteroatoms. The maximum Gasteiger partial charge on any atom is 0.409 e. The van der Waals surface area contributed by atoms with Gasteiger partial charge in [-0.3, -0.25) is 9.59 Å². The second kappa shape index (κ2) is 7.24. The van der Waals surface area contributed by atoms with E-state index in [1.54, 1.807) is 0 Å². The Labute approximate surface area is 162 Å². The Morgan fingerprint density at radius 3 is 2.04 bits per heavy atom. The van der Waals surface area contributed by atoms with Gasteiger partial charge in [0.2, 0.25) is 0 Å². The molecule has 0 amide bonds. The molecule has 0 N–H and O–H groups in total. The predicted molar refractivity (Wildman–Crippen MR) is 94.3 cm³/mol. The van der Waals surface area contributed by atoms with Gasteiger partial charge in [0, 0.05) is 33.9 Å². The smallest absolute Gasteiger partial charge is 0.409 e. The number of hydrogen-bond acceptors (Lipinski definition) is 8. The Hall–Kier alpha value is -3.52. The zero-order valence-electron chi connectivity index (χ0n) is 14.5. The summed E-state index contributed by atoms with van der Waals surface area (Å²) in [6, 6.07) is 6.30. The number of carbonyl (C=O) groups excluding carboxylic acids is 5. The first-order chi connectivity index (χ1) is 13.3. The molecule has 0 radical (unpaired) electrons. The summed E-state index contributed by atoms with van der Waals surface area (Å²) in [5, 5.41) is 0. The number of rotatable bonds is 3. The van der Waals surface area contributed by atoms with Crippen LogP contribution in [0.1, 0.15) is 52.6 Å². The first kappa shape index (κ1) is 19.2. The third kappa shape index (κ3) is 3.03. The van der Waals surface area contributed by atoms with E-state index in [1.807, 2.05) is 0 Å². The second-order valence-corrected chi connectivity index (χ2v) is 5.91. The minimum Gasteiger partial charge on any atom is -0.465 e. The van der Waals surface area contributed by atoms with Gasteiger partial charge in [0.25, 0.3) is 0 Å². The standard InChI is InChI=1S/C19H11ClO8/c1-26-17(23)10-5-3-4-9-13(10)16(22)14-11(15(9)21)6-8(28-19(20)25)7-12(14)18(24)27-2/h3-7H,1-2H3. The summed E-state index contributed by atoms with van der Waals surface area (Å²) >= 11 is 5.20. The van der Waals surface area contributed by atoms with Gasteiger partial charge < -0.3 is 14.2 Å². The molecule has 0 heterocycles. The molecule has 28 heavy (non-hydrogen) atoms. The van der Waals surface area contributed by atoms with Crippen molar-refractivity contribution in [2.75, 3.05) is 14.2 Å². The van der Waals surface area contributed by atoms with Crippen LogP contribution in [0.5, 0.6) is 5.75 Å². The van der Waals surface area contributed by atoms with Gasteiger partial charge in [0.05, 0.1) is 25.3 Å². The maximum atomic E-state index is 13.2. The molecular formula is C19H11ClO8. The number of benzene rings is 2. The van der Waals surface area contributed by atoms with Crippen LogP contribution in [0.25, 0.3) is 0 Å². The summed E-state index contributed by atoms with van der Waals surface area (Å²) in [4.78, 5) is 61.5. The molecule has 2 aromatic rings. The monoisotopic (exact) mass is 402 g/mol. The molecule has 0 saturated heterocycles. The van der Waals surface area contributed by atoms with Gasteiger partial charge in [-0.1, -0.05) is 12.1 Å². The zero-order chi connectivity index (χ0) is 20.6. The number of methoxy groups -OCH3 is 2. The van der Waals surface area contributed by atoms with E-state index in [4.69, 9.17) is 16.3 Å². The first-order valence-electron chi connectivity index (χ1n) is 7.74. The maximum absolute atomic E-state index is 13.2. The molecule has 0 saturated carbocycles. The molecule has 0 unspecified atom stereocenters. The van der Waals surface area contributed by atoms with Crippen molar-refractivity contribution in [3.05, 3.63) is 63.7 Å². The Morgan fingerprint density at radius 1 is 0.821 bits per heavy atom. The molecule has 1 aliphatic rings. The van der Waals surface area contributed by atoms with Crippen LogP contribution in [0, 0.1) is 0 Å². The van der Waals surface area contributed by atoms with Crippen molar-refractivity contribution in [1.29, 1.82) is 0 Å². The number of esters is 2. The summed E-state index contributed by atoms with van der Waals surface area (Å²) in [6.45, 7) is 0. The van der Waals surface area contributed by atoms with E-state index in [0.717, 1.165) is 26.4 Å². The molecule has 0 atom stereocenters. The fourth-order valence-electron chi connectivity index (χ4n) is 3.00. The van der Waals surface area contributed by atoms with E-state index in [2.05, 4.69) is 9.47 Å². The Morgan fingerprint density at radius 2 is 1.43 bits per heavy atom. The normalized spacial score (nSPS) is 12.0. The Kier molecular flexibility index (Phi) is 4.98. The first-order valence-corrected chi connectivity index (χ1v) is 8.12. The number of hydrogen-bond donors (Lipinski definition) is 0. The molecule has 142 valence electrons. The molecule has 3 rings (SSSR count). The van der Waals surface area contributed by atoms with E-state index in [-0.39, 0.29) is 39.1 Å². The van der Waals surface area contributed by atoms with Crippen LogP contribution in [0.15, 0.2) is 30.3 Å². The van der Waals surface area contributed by atoms with Crippen molar-refractivity contribution < 1.29 is 38.2 Å².